The van der Waals surface area contributed by atoms with E-state index in [0.717, 1.165) is 44.8 Å². The third-order valence-corrected chi connectivity index (χ3v) is 3.03. The SMILES string of the molecule is CCCOCCC(Cc1ncnn1CC(C)C)NC. The molecule has 0 aliphatic heterocycles. The van der Waals surface area contributed by atoms with Gasteiger partial charge in [-0.1, -0.05) is 20.8 Å². The van der Waals surface area contributed by atoms with Gasteiger partial charge in [-0.25, -0.2) is 9.67 Å². The molecule has 0 radical (unpaired) electrons. The first kappa shape index (κ1) is 16.1. The lowest BCUT2D eigenvalue weighted by Gasteiger charge is -2.16. The molecule has 1 rings (SSSR count). The zero-order valence-corrected chi connectivity index (χ0v) is 12.7. The van der Waals surface area contributed by atoms with Gasteiger partial charge in [-0.3, -0.25) is 0 Å². The van der Waals surface area contributed by atoms with E-state index in [2.05, 4.69) is 36.2 Å². The van der Waals surface area contributed by atoms with Crippen LogP contribution in [0.2, 0.25) is 0 Å². The number of nitrogens with one attached hydrogen (secondary N) is 1. The van der Waals surface area contributed by atoms with Crippen molar-refractivity contribution in [3.8, 4) is 0 Å². The summed E-state index contributed by atoms with van der Waals surface area (Å²) in [5.41, 5.74) is 0. The summed E-state index contributed by atoms with van der Waals surface area (Å²) in [6.45, 7) is 9.10. The summed E-state index contributed by atoms with van der Waals surface area (Å²) in [5.74, 6) is 1.64. The topological polar surface area (TPSA) is 52.0 Å². The second-order valence-corrected chi connectivity index (χ2v) is 5.34. The number of rotatable bonds is 10. The summed E-state index contributed by atoms with van der Waals surface area (Å²) in [6.07, 6.45) is 4.63. The fourth-order valence-corrected chi connectivity index (χ4v) is 1.99. The average Bonchev–Trinajstić information content (AvgIpc) is 2.79. The van der Waals surface area contributed by atoms with Crippen LogP contribution < -0.4 is 5.32 Å². The minimum absolute atomic E-state index is 0.395. The van der Waals surface area contributed by atoms with Crippen LogP contribution in [0.25, 0.3) is 0 Å². The Morgan fingerprint density at radius 3 is 2.79 bits per heavy atom. The van der Waals surface area contributed by atoms with Crippen LogP contribution in [-0.2, 0) is 17.7 Å². The molecule has 0 aliphatic rings. The van der Waals surface area contributed by atoms with Crippen LogP contribution in [0.3, 0.4) is 0 Å². The summed E-state index contributed by atoms with van der Waals surface area (Å²) >= 11 is 0. The molecule has 1 atom stereocenters. The van der Waals surface area contributed by atoms with E-state index in [1.54, 1.807) is 6.33 Å². The van der Waals surface area contributed by atoms with Crippen LogP contribution in [0.15, 0.2) is 6.33 Å². The highest BCUT2D eigenvalue weighted by Gasteiger charge is 2.13. The minimum Gasteiger partial charge on any atom is -0.381 e. The predicted octanol–water partition coefficient (Wildman–Crippen LogP) is 1.88. The molecular weight excluding hydrogens is 240 g/mol. The van der Waals surface area contributed by atoms with Crippen LogP contribution in [0.5, 0.6) is 0 Å². The third-order valence-electron chi connectivity index (χ3n) is 3.03. The van der Waals surface area contributed by atoms with Gasteiger partial charge in [0, 0.05) is 32.2 Å². The lowest BCUT2D eigenvalue weighted by atomic mass is 10.1. The van der Waals surface area contributed by atoms with Crippen molar-refractivity contribution < 1.29 is 4.74 Å². The molecule has 110 valence electrons. The quantitative estimate of drug-likeness (QED) is 0.658. The van der Waals surface area contributed by atoms with E-state index in [0.29, 0.717) is 12.0 Å². The molecule has 1 unspecified atom stereocenters. The van der Waals surface area contributed by atoms with E-state index in [4.69, 9.17) is 4.74 Å². The molecule has 1 N–H and O–H groups in total. The minimum atomic E-state index is 0.395. The molecule has 1 aromatic heterocycles. The fourth-order valence-electron chi connectivity index (χ4n) is 1.99. The first-order chi connectivity index (χ1) is 9.17. The second-order valence-electron chi connectivity index (χ2n) is 5.34. The van der Waals surface area contributed by atoms with Crippen molar-refractivity contribution in [1.29, 1.82) is 0 Å². The van der Waals surface area contributed by atoms with Gasteiger partial charge in [-0.05, 0) is 25.8 Å². The Bertz CT molecular complexity index is 338. The first-order valence-corrected chi connectivity index (χ1v) is 7.29. The Morgan fingerprint density at radius 1 is 1.37 bits per heavy atom. The summed E-state index contributed by atoms with van der Waals surface area (Å²) < 4.78 is 7.56. The van der Waals surface area contributed by atoms with Crippen LogP contribution in [0.1, 0.15) is 39.4 Å². The summed E-state index contributed by atoms with van der Waals surface area (Å²) in [7, 11) is 1.99. The van der Waals surface area contributed by atoms with E-state index < -0.39 is 0 Å². The Morgan fingerprint density at radius 2 is 2.16 bits per heavy atom. The summed E-state index contributed by atoms with van der Waals surface area (Å²) in [6, 6.07) is 0.395. The highest BCUT2D eigenvalue weighted by molar-refractivity contribution is 4.89. The number of likely N-dealkylation sites (N-methyl/N-ethyl adjacent to an activating group) is 1. The molecule has 19 heavy (non-hydrogen) atoms. The fraction of sp³-hybridized carbons (Fsp3) is 0.857. The lowest BCUT2D eigenvalue weighted by Crippen LogP contribution is -2.30. The average molecular weight is 268 g/mol. The highest BCUT2D eigenvalue weighted by Crippen LogP contribution is 2.06. The van der Waals surface area contributed by atoms with Gasteiger partial charge < -0.3 is 10.1 Å². The molecule has 0 spiro atoms. The first-order valence-electron chi connectivity index (χ1n) is 7.29. The van der Waals surface area contributed by atoms with Gasteiger partial charge in [-0.15, -0.1) is 0 Å². The van der Waals surface area contributed by atoms with Gasteiger partial charge in [-0.2, -0.15) is 5.10 Å². The molecule has 0 aliphatic carbocycles. The Hall–Kier alpha value is -0.940. The van der Waals surface area contributed by atoms with E-state index in [1.807, 2.05) is 11.7 Å². The Kier molecular flexibility index (Phi) is 7.67. The van der Waals surface area contributed by atoms with Crippen molar-refractivity contribution in [1.82, 2.24) is 20.1 Å². The molecule has 0 aromatic carbocycles. The second kappa shape index (κ2) is 9.04. The number of hydrogen-bond donors (Lipinski definition) is 1. The molecule has 5 nitrogen and oxygen atoms in total. The maximum Gasteiger partial charge on any atom is 0.138 e. The normalized spacial score (nSPS) is 13.1. The predicted molar refractivity (Wildman–Crippen MR) is 77.1 cm³/mol. The summed E-state index contributed by atoms with van der Waals surface area (Å²) in [5, 5.41) is 7.64. The van der Waals surface area contributed by atoms with Gasteiger partial charge in [0.2, 0.25) is 0 Å². The van der Waals surface area contributed by atoms with Crippen molar-refractivity contribution in [3.63, 3.8) is 0 Å². The highest BCUT2D eigenvalue weighted by atomic mass is 16.5. The van der Waals surface area contributed by atoms with Gasteiger partial charge in [0.1, 0.15) is 12.2 Å². The lowest BCUT2D eigenvalue weighted by molar-refractivity contribution is 0.125. The molecule has 1 heterocycles. The molecule has 0 saturated heterocycles. The van der Waals surface area contributed by atoms with E-state index in [9.17, 15) is 0 Å². The van der Waals surface area contributed by atoms with Crippen molar-refractivity contribution in [2.75, 3.05) is 20.3 Å². The summed E-state index contributed by atoms with van der Waals surface area (Å²) in [4.78, 5) is 4.37. The molecule has 0 amide bonds. The maximum absolute atomic E-state index is 5.55. The number of ether oxygens (including phenoxy) is 1. The molecule has 0 bridgehead atoms. The van der Waals surface area contributed by atoms with E-state index in [-0.39, 0.29) is 0 Å². The molecule has 1 aromatic rings. The van der Waals surface area contributed by atoms with Crippen LogP contribution in [-0.4, -0.2) is 41.1 Å². The number of nitrogens with zero attached hydrogens (tertiary/aromatic N) is 3. The number of aromatic nitrogens is 3. The zero-order valence-electron chi connectivity index (χ0n) is 12.7. The Labute approximate surface area is 116 Å². The van der Waals surface area contributed by atoms with Gasteiger partial charge in [0.25, 0.3) is 0 Å². The molecule has 5 heteroatoms. The van der Waals surface area contributed by atoms with Gasteiger partial charge in [0.05, 0.1) is 0 Å². The monoisotopic (exact) mass is 268 g/mol. The van der Waals surface area contributed by atoms with E-state index >= 15 is 0 Å². The van der Waals surface area contributed by atoms with Crippen LogP contribution >= 0.6 is 0 Å². The van der Waals surface area contributed by atoms with Crippen molar-refractivity contribution in [3.05, 3.63) is 12.2 Å². The third kappa shape index (κ3) is 6.16. The number of hydrogen-bond acceptors (Lipinski definition) is 4. The maximum atomic E-state index is 5.55. The van der Waals surface area contributed by atoms with E-state index in [1.165, 1.54) is 0 Å². The molecular formula is C14H28N4O. The van der Waals surface area contributed by atoms with Crippen LogP contribution in [0, 0.1) is 5.92 Å². The molecule has 0 fully saturated rings. The Balaban J connectivity index is 2.44. The van der Waals surface area contributed by atoms with Gasteiger partial charge in [0.15, 0.2) is 0 Å². The largest absolute Gasteiger partial charge is 0.381 e. The molecule has 0 saturated carbocycles. The smallest absolute Gasteiger partial charge is 0.138 e. The van der Waals surface area contributed by atoms with Crippen molar-refractivity contribution in [2.45, 2.75) is 52.6 Å². The van der Waals surface area contributed by atoms with Crippen molar-refractivity contribution in [2.24, 2.45) is 5.92 Å². The van der Waals surface area contributed by atoms with Gasteiger partial charge >= 0.3 is 0 Å². The van der Waals surface area contributed by atoms with Crippen molar-refractivity contribution >= 4 is 0 Å². The zero-order chi connectivity index (χ0) is 14.1. The standard InChI is InChI=1S/C14H28N4O/c1-5-7-19-8-6-13(15-4)9-14-16-11-17-18(14)10-12(2)3/h11-13,15H,5-10H2,1-4H3. The van der Waals surface area contributed by atoms with Crippen LogP contribution in [0.4, 0.5) is 0 Å².